The maximum atomic E-state index is 9.85. The van der Waals surface area contributed by atoms with Crippen molar-refractivity contribution < 1.29 is 0 Å². The Kier molecular flexibility index (Phi) is 6.82. The molecule has 0 bridgehead atoms. The van der Waals surface area contributed by atoms with E-state index in [1.807, 2.05) is 60.7 Å². The minimum Gasteiger partial charge on any atom is -0.208 e. The highest BCUT2D eigenvalue weighted by atomic mass is 15.0. The molecule has 0 radical (unpaired) electrons. The molecule has 8 rings (SSSR count). The minimum absolute atomic E-state index is 0.215. The van der Waals surface area contributed by atoms with E-state index in [-0.39, 0.29) is 5.41 Å². The van der Waals surface area contributed by atoms with Crippen LogP contribution in [0.2, 0.25) is 0 Å². The quantitative estimate of drug-likeness (QED) is 0.197. The van der Waals surface area contributed by atoms with Crippen molar-refractivity contribution >= 4 is 0 Å². The van der Waals surface area contributed by atoms with Crippen LogP contribution in [0.15, 0.2) is 146 Å². The largest absolute Gasteiger partial charge is 0.208 e. The summed E-state index contributed by atoms with van der Waals surface area (Å²) in [6.45, 7) is 4.48. The molecule has 0 saturated carbocycles. The summed E-state index contributed by atoms with van der Waals surface area (Å²) in [5.41, 5.74) is 12.3. The molecule has 0 spiro atoms. The van der Waals surface area contributed by atoms with Gasteiger partial charge in [0.15, 0.2) is 17.5 Å². The Balaban J connectivity index is 1.23. The summed E-state index contributed by atoms with van der Waals surface area (Å²) < 4.78 is 0. The van der Waals surface area contributed by atoms with E-state index in [4.69, 9.17) is 15.0 Å². The number of benzene rings is 6. The standard InChI is InChI=1S/C43H30N4/c1-43(2)37-21-11-20-35(27-44)39(37)36-23-22-32(26-38(36)43)31-17-10-19-34(25-31)42-46-40(29-14-7-4-8-15-29)45-41(47-42)33-18-9-16-30(24-33)28-12-5-3-6-13-28/h3-26H,1-2H3. The average molecular weight is 603 g/mol. The molecule has 4 heteroatoms. The molecular weight excluding hydrogens is 573 g/mol. The Morgan fingerprint density at radius 1 is 0.447 bits per heavy atom. The van der Waals surface area contributed by atoms with E-state index in [9.17, 15) is 5.26 Å². The van der Waals surface area contributed by atoms with Crippen molar-refractivity contribution in [3.63, 3.8) is 0 Å². The van der Waals surface area contributed by atoms with E-state index in [0.717, 1.165) is 55.6 Å². The molecule has 1 aromatic heterocycles. The van der Waals surface area contributed by atoms with Gasteiger partial charge in [-0.1, -0.05) is 135 Å². The van der Waals surface area contributed by atoms with Crippen molar-refractivity contribution in [1.82, 2.24) is 15.0 Å². The van der Waals surface area contributed by atoms with Crippen molar-refractivity contribution in [1.29, 1.82) is 5.26 Å². The molecule has 0 N–H and O–H groups in total. The molecular formula is C43H30N4. The van der Waals surface area contributed by atoms with Gasteiger partial charge in [-0.05, 0) is 63.2 Å². The lowest BCUT2D eigenvalue weighted by Crippen LogP contribution is -2.15. The predicted octanol–water partition coefficient (Wildman–Crippen LogP) is 10.4. The number of fused-ring (bicyclic) bond motifs is 3. The van der Waals surface area contributed by atoms with Gasteiger partial charge in [0.05, 0.1) is 11.6 Å². The van der Waals surface area contributed by atoms with Crippen molar-refractivity contribution in [3.8, 4) is 73.6 Å². The molecule has 0 fully saturated rings. The Bertz CT molecular complexity index is 2330. The summed E-state index contributed by atoms with van der Waals surface area (Å²) in [5.74, 6) is 1.88. The lowest BCUT2D eigenvalue weighted by Gasteiger charge is -2.22. The van der Waals surface area contributed by atoms with Gasteiger partial charge in [-0.25, -0.2) is 15.0 Å². The van der Waals surface area contributed by atoms with Gasteiger partial charge in [0, 0.05) is 27.7 Å². The lowest BCUT2D eigenvalue weighted by molar-refractivity contribution is 0.660. The summed E-state index contributed by atoms with van der Waals surface area (Å²) in [6, 6.07) is 52.2. The zero-order chi connectivity index (χ0) is 32.0. The summed E-state index contributed by atoms with van der Waals surface area (Å²) in [4.78, 5) is 15.0. The Morgan fingerprint density at radius 3 is 1.55 bits per heavy atom. The molecule has 47 heavy (non-hydrogen) atoms. The van der Waals surface area contributed by atoms with Gasteiger partial charge in [0.2, 0.25) is 0 Å². The first-order chi connectivity index (χ1) is 23.0. The van der Waals surface area contributed by atoms with Crippen LogP contribution in [-0.4, -0.2) is 15.0 Å². The lowest BCUT2D eigenvalue weighted by atomic mass is 9.81. The summed E-state index contributed by atoms with van der Waals surface area (Å²) in [6.07, 6.45) is 0. The number of aromatic nitrogens is 3. The smallest absolute Gasteiger partial charge is 0.164 e. The van der Waals surface area contributed by atoms with Gasteiger partial charge in [0.25, 0.3) is 0 Å². The fourth-order valence-electron chi connectivity index (χ4n) is 6.72. The molecule has 0 saturated heterocycles. The average Bonchev–Trinajstić information content (AvgIpc) is 3.38. The Hall–Kier alpha value is -6.18. The highest BCUT2D eigenvalue weighted by Crippen LogP contribution is 2.50. The van der Waals surface area contributed by atoms with E-state index in [1.165, 1.54) is 11.1 Å². The number of nitrogens with zero attached hydrogens (tertiary/aromatic N) is 4. The molecule has 0 atom stereocenters. The van der Waals surface area contributed by atoms with Crippen LogP contribution >= 0.6 is 0 Å². The normalized spacial score (nSPS) is 12.6. The highest BCUT2D eigenvalue weighted by molar-refractivity contribution is 5.87. The first-order valence-corrected chi connectivity index (χ1v) is 15.8. The minimum atomic E-state index is -0.215. The van der Waals surface area contributed by atoms with Crippen LogP contribution in [0.4, 0.5) is 0 Å². The van der Waals surface area contributed by atoms with Gasteiger partial charge < -0.3 is 0 Å². The summed E-state index contributed by atoms with van der Waals surface area (Å²) in [5, 5.41) is 9.85. The monoisotopic (exact) mass is 602 g/mol. The predicted molar refractivity (Wildman–Crippen MR) is 189 cm³/mol. The van der Waals surface area contributed by atoms with Crippen molar-refractivity contribution in [2.45, 2.75) is 19.3 Å². The number of hydrogen-bond acceptors (Lipinski definition) is 4. The molecule has 4 nitrogen and oxygen atoms in total. The van der Waals surface area contributed by atoms with Gasteiger partial charge in [0.1, 0.15) is 0 Å². The van der Waals surface area contributed by atoms with E-state index in [2.05, 4.69) is 105 Å². The second-order valence-electron chi connectivity index (χ2n) is 12.4. The third-order valence-corrected chi connectivity index (χ3v) is 9.17. The molecule has 1 heterocycles. The van der Waals surface area contributed by atoms with Crippen molar-refractivity contribution in [3.05, 3.63) is 162 Å². The van der Waals surface area contributed by atoms with Crippen LogP contribution in [0.3, 0.4) is 0 Å². The van der Waals surface area contributed by atoms with Crippen LogP contribution in [0, 0.1) is 11.3 Å². The molecule has 0 aliphatic heterocycles. The number of rotatable bonds is 5. The van der Waals surface area contributed by atoms with Gasteiger partial charge in [-0.3, -0.25) is 0 Å². The molecule has 0 amide bonds. The molecule has 1 aliphatic rings. The van der Waals surface area contributed by atoms with Crippen LogP contribution in [0.25, 0.3) is 67.5 Å². The van der Waals surface area contributed by atoms with Gasteiger partial charge in [-0.2, -0.15) is 5.26 Å². The van der Waals surface area contributed by atoms with Gasteiger partial charge >= 0.3 is 0 Å². The molecule has 0 unspecified atom stereocenters. The van der Waals surface area contributed by atoms with E-state index in [0.29, 0.717) is 17.5 Å². The topological polar surface area (TPSA) is 62.5 Å². The summed E-state index contributed by atoms with van der Waals surface area (Å²) >= 11 is 0. The van der Waals surface area contributed by atoms with Crippen molar-refractivity contribution in [2.75, 3.05) is 0 Å². The Labute approximate surface area is 274 Å². The molecule has 7 aromatic rings. The second-order valence-corrected chi connectivity index (χ2v) is 12.4. The van der Waals surface area contributed by atoms with E-state index in [1.54, 1.807) is 0 Å². The van der Waals surface area contributed by atoms with Crippen LogP contribution in [-0.2, 0) is 5.41 Å². The molecule has 222 valence electrons. The van der Waals surface area contributed by atoms with Crippen LogP contribution in [0.5, 0.6) is 0 Å². The first kappa shape index (κ1) is 28.3. The SMILES string of the molecule is CC1(C)c2cc(-c3cccc(-c4nc(-c5ccccc5)nc(-c5cccc(-c6ccccc6)c5)n4)c3)ccc2-c2c(C#N)cccc21. The second kappa shape index (κ2) is 11.3. The number of nitriles is 1. The molecule has 1 aliphatic carbocycles. The number of hydrogen-bond donors (Lipinski definition) is 0. The zero-order valence-electron chi connectivity index (χ0n) is 26.1. The fraction of sp³-hybridized carbons (Fsp3) is 0.0698. The van der Waals surface area contributed by atoms with Crippen LogP contribution in [0.1, 0.15) is 30.5 Å². The fourth-order valence-corrected chi connectivity index (χ4v) is 6.72. The third kappa shape index (κ3) is 4.99. The highest BCUT2D eigenvalue weighted by Gasteiger charge is 2.37. The van der Waals surface area contributed by atoms with Gasteiger partial charge in [-0.15, -0.1) is 0 Å². The third-order valence-electron chi connectivity index (χ3n) is 9.17. The van der Waals surface area contributed by atoms with E-state index >= 15 is 0 Å². The maximum Gasteiger partial charge on any atom is 0.164 e. The zero-order valence-corrected chi connectivity index (χ0v) is 26.1. The van der Waals surface area contributed by atoms with Crippen molar-refractivity contribution in [2.24, 2.45) is 0 Å². The summed E-state index contributed by atoms with van der Waals surface area (Å²) in [7, 11) is 0. The van der Waals surface area contributed by atoms with E-state index < -0.39 is 0 Å². The maximum absolute atomic E-state index is 9.85. The Morgan fingerprint density at radius 2 is 0.936 bits per heavy atom. The molecule has 6 aromatic carbocycles. The first-order valence-electron chi connectivity index (χ1n) is 15.8. The van der Waals surface area contributed by atoms with Crippen LogP contribution < -0.4 is 0 Å².